The highest BCUT2D eigenvalue weighted by Crippen LogP contribution is 2.32. The maximum Gasteiger partial charge on any atom is 0.244 e. The molecule has 0 aliphatic rings. The van der Waals surface area contributed by atoms with E-state index >= 15 is 0 Å². The molecule has 0 aliphatic heterocycles. The Kier molecular flexibility index (Phi) is 9.67. The van der Waals surface area contributed by atoms with Gasteiger partial charge in [0.05, 0.1) is 33.1 Å². The van der Waals surface area contributed by atoms with Crippen molar-refractivity contribution < 1.29 is 9.59 Å². The molecule has 178 valence electrons. The Bertz CT molecular complexity index is 1230. The van der Waals surface area contributed by atoms with E-state index in [4.69, 9.17) is 46.4 Å². The van der Waals surface area contributed by atoms with Crippen molar-refractivity contribution in [2.24, 2.45) is 0 Å². The van der Waals surface area contributed by atoms with E-state index in [1.807, 2.05) is 29.7 Å². The lowest BCUT2D eigenvalue weighted by Crippen LogP contribution is -2.22. The second-order valence-electron chi connectivity index (χ2n) is 6.80. The monoisotopic (exact) mass is 557 g/mol. The molecule has 3 rings (SSSR count). The number of benzene rings is 2. The largest absolute Gasteiger partial charge is 0.345 e. The summed E-state index contributed by atoms with van der Waals surface area (Å²) in [7, 11) is 0. The van der Waals surface area contributed by atoms with Gasteiger partial charge in [-0.05, 0) is 36.8 Å². The third-order valence-electron chi connectivity index (χ3n) is 4.47. The molecule has 12 heteroatoms. The van der Waals surface area contributed by atoms with Crippen LogP contribution in [0.4, 0.5) is 5.69 Å². The summed E-state index contributed by atoms with van der Waals surface area (Å²) in [5, 5.41) is 15.7. The Hall–Kier alpha value is -2.23. The van der Waals surface area contributed by atoms with E-state index in [1.54, 1.807) is 12.1 Å². The standard InChI is InChI=1S/C22H19Cl4N5O2S/c1-2-31-19(11-27-20(32)8-7-13-5-3-4-6-14(13)23)29-30-22(31)34-12-21(33)28-18-10-16(25)15(24)9-17(18)26/h3-10H,2,11-12H2,1H3,(H,27,32)(H,28,33)/b8-7+. The van der Waals surface area contributed by atoms with E-state index in [0.29, 0.717) is 33.3 Å². The van der Waals surface area contributed by atoms with Crippen molar-refractivity contribution in [1.82, 2.24) is 20.1 Å². The Morgan fingerprint density at radius 1 is 1.03 bits per heavy atom. The third kappa shape index (κ3) is 7.13. The van der Waals surface area contributed by atoms with Crippen molar-refractivity contribution >= 4 is 81.7 Å². The van der Waals surface area contributed by atoms with Gasteiger partial charge in [-0.25, -0.2) is 0 Å². The van der Waals surface area contributed by atoms with Crippen molar-refractivity contribution in [3.05, 3.63) is 74.0 Å². The van der Waals surface area contributed by atoms with Crippen LogP contribution >= 0.6 is 58.2 Å². The van der Waals surface area contributed by atoms with Crippen LogP contribution in [-0.4, -0.2) is 32.3 Å². The average molecular weight is 559 g/mol. The highest BCUT2D eigenvalue weighted by molar-refractivity contribution is 7.99. The van der Waals surface area contributed by atoms with Crippen LogP contribution in [0, 0.1) is 0 Å². The second kappa shape index (κ2) is 12.5. The first-order valence-corrected chi connectivity index (χ1v) is 12.5. The van der Waals surface area contributed by atoms with Gasteiger partial charge in [0.15, 0.2) is 11.0 Å². The fraction of sp³-hybridized carbons (Fsp3) is 0.182. The molecule has 0 bridgehead atoms. The number of anilines is 1. The molecule has 0 saturated carbocycles. The normalized spacial score (nSPS) is 11.1. The van der Waals surface area contributed by atoms with Crippen LogP contribution in [0.1, 0.15) is 18.3 Å². The van der Waals surface area contributed by atoms with Crippen molar-refractivity contribution in [2.75, 3.05) is 11.1 Å². The Morgan fingerprint density at radius 3 is 2.50 bits per heavy atom. The first-order valence-electron chi connectivity index (χ1n) is 9.98. The van der Waals surface area contributed by atoms with E-state index in [1.165, 1.54) is 30.0 Å². The van der Waals surface area contributed by atoms with Gasteiger partial charge in [-0.3, -0.25) is 9.59 Å². The van der Waals surface area contributed by atoms with Crippen LogP contribution in [0.5, 0.6) is 0 Å². The summed E-state index contributed by atoms with van der Waals surface area (Å²) >= 11 is 25.3. The molecule has 0 spiro atoms. The minimum atomic E-state index is -0.296. The van der Waals surface area contributed by atoms with Gasteiger partial charge in [0.2, 0.25) is 11.8 Å². The lowest BCUT2D eigenvalue weighted by atomic mass is 10.2. The van der Waals surface area contributed by atoms with Gasteiger partial charge < -0.3 is 15.2 Å². The molecule has 2 aromatic carbocycles. The molecule has 3 aromatic rings. The molecular formula is C22H19Cl4N5O2S. The summed E-state index contributed by atoms with van der Waals surface area (Å²) in [5.74, 6) is 0.0485. The van der Waals surface area contributed by atoms with Crippen LogP contribution in [0.2, 0.25) is 20.1 Å². The Morgan fingerprint density at radius 2 is 1.76 bits per heavy atom. The molecule has 2 N–H and O–H groups in total. The molecule has 0 unspecified atom stereocenters. The van der Waals surface area contributed by atoms with Crippen molar-refractivity contribution in [1.29, 1.82) is 0 Å². The Balaban J connectivity index is 1.55. The van der Waals surface area contributed by atoms with Gasteiger partial charge in [-0.1, -0.05) is 76.4 Å². The summed E-state index contributed by atoms with van der Waals surface area (Å²) < 4.78 is 1.82. The highest BCUT2D eigenvalue weighted by atomic mass is 35.5. The Labute approximate surface area is 220 Å². The van der Waals surface area contributed by atoms with Gasteiger partial charge in [-0.15, -0.1) is 10.2 Å². The maximum absolute atomic E-state index is 12.4. The second-order valence-corrected chi connectivity index (χ2v) is 9.37. The van der Waals surface area contributed by atoms with Crippen LogP contribution in [0.3, 0.4) is 0 Å². The highest BCUT2D eigenvalue weighted by Gasteiger charge is 2.15. The molecule has 2 amide bonds. The van der Waals surface area contributed by atoms with Gasteiger partial charge in [0, 0.05) is 17.6 Å². The number of nitrogens with one attached hydrogen (secondary N) is 2. The summed E-state index contributed by atoms with van der Waals surface area (Å²) in [6.07, 6.45) is 3.05. The minimum Gasteiger partial charge on any atom is -0.345 e. The molecule has 0 radical (unpaired) electrons. The summed E-state index contributed by atoms with van der Waals surface area (Å²) in [4.78, 5) is 24.6. The van der Waals surface area contributed by atoms with Crippen LogP contribution in [-0.2, 0) is 22.7 Å². The van der Waals surface area contributed by atoms with Crippen LogP contribution < -0.4 is 10.6 Å². The summed E-state index contributed by atoms with van der Waals surface area (Å²) in [5.41, 5.74) is 1.11. The molecule has 1 aromatic heterocycles. The first-order chi connectivity index (χ1) is 16.3. The lowest BCUT2D eigenvalue weighted by molar-refractivity contribution is -0.116. The number of aromatic nitrogens is 3. The van der Waals surface area contributed by atoms with Crippen LogP contribution in [0.25, 0.3) is 6.08 Å². The van der Waals surface area contributed by atoms with E-state index in [9.17, 15) is 9.59 Å². The zero-order chi connectivity index (χ0) is 24.7. The predicted molar refractivity (Wildman–Crippen MR) is 139 cm³/mol. The molecule has 1 heterocycles. The smallest absolute Gasteiger partial charge is 0.244 e. The fourth-order valence-electron chi connectivity index (χ4n) is 2.81. The molecule has 0 aliphatic carbocycles. The number of carbonyl (C=O) groups is 2. The van der Waals surface area contributed by atoms with Crippen molar-refractivity contribution in [3.63, 3.8) is 0 Å². The minimum absolute atomic E-state index is 0.0711. The fourth-order valence-corrected chi connectivity index (χ4v) is 4.42. The van der Waals surface area contributed by atoms with E-state index in [0.717, 1.165) is 5.56 Å². The molecule has 0 atom stereocenters. The van der Waals surface area contributed by atoms with Crippen molar-refractivity contribution in [3.8, 4) is 0 Å². The average Bonchev–Trinajstić information content (AvgIpc) is 3.21. The van der Waals surface area contributed by atoms with Gasteiger partial charge in [0.1, 0.15) is 0 Å². The molecule has 7 nitrogen and oxygen atoms in total. The van der Waals surface area contributed by atoms with E-state index in [2.05, 4.69) is 20.8 Å². The molecule has 34 heavy (non-hydrogen) atoms. The number of thioether (sulfide) groups is 1. The number of nitrogens with zero attached hydrogens (tertiary/aromatic N) is 3. The number of carbonyl (C=O) groups excluding carboxylic acids is 2. The first kappa shape index (κ1) is 26.4. The van der Waals surface area contributed by atoms with Crippen molar-refractivity contribution in [2.45, 2.75) is 25.2 Å². The molecule has 0 fully saturated rings. The number of hydrogen-bond acceptors (Lipinski definition) is 5. The maximum atomic E-state index is 12.4. The molecular weight excluding hydrogens is 540 g/mol. The topological polar surface area (TPSA) is 88.9 Å². The van der Waals surface area contributed by atoms with Crippen LogP contribution in [0.15, 0.2) is 47.6 Å². The van der Waals surface area contributed by atoms with Gasteiger partial charge >= 0.3 is 0 Å². The predicted octanol–water partition coefficient (Wildman–Crippen LogP) is 5.97. The third-order valence-corrected chi connectivity index (χ3v) is 6.81. The lowest BCUT2D eigenvalue weighted by Gasteiger charge is -2.09. The van der Waals surface area contributed by atoms with E-state index < -0.39 is 0 Å². The SMILES string of the molecule is CCn1c(CNC(=O)/C=C/c2ccccc2Cl)nnc1SCC(=O)Nc1cc(Cl)c(Cl)cc1Cl. The van der Waals surface area contributed by atoms with Gasteiger partial charge in [-0.2, -0.15) is 0 Å². The quantitative estimate of drug-likeness (QED) is 0.192. The van der Waals surface area contributed by atoms with E-state index in [-0.39, 0.29) is 34.2 Å². The van der Waals surface area contributed by atoms with Gasteiger partial charge in [0.25, 0.3) is 0 Å². The molecule has 0 saturated heterocycles. The number of amides is 2. The number of halogens is 4. The summed E-state index contributed by atoms with van der Waals surface area (Å²) in [6.45, 7) is 2.67. The zero-order valence-electron chi connectivity index (χ0n) is 17.8. The zero-order valence-corrected chi connectivity index (χ0v) is 21.7. The number of hydrogen-bond donors (Lipinski definition) is 2. The number of rotatable bonds is 9. The summed E-state index contributed by atoms with van der Waals surface area (Å²) in [6, 6.07) is 10.2.